The standard InChI is InChI=1S/C14H19NO3/c1-9-10(13(17)18)6-5-7-11(9)15-12(16)8-14(2,3)4/h5-7H,8H2,1-4H3,(H,15,16)(H,17,18). The molecular weight excluding hydrogens is 230 g/mol. The number of anilines is 1. The second-order valence-electron chi connectivity index (χ2n) is 5.57. The molecular formula is C14H19NO3. The zero-order valence-electron chi connectivity index (χ0n) is 11.2. The van der Waals surface area contributed by atoms with Crippen molar-refractivity contribution in [2.75, 3.05) is 5.32 Å². The molecule has 0 heterocycles. The average molecular weight is 249 g/mol. The minimum atomic E-state index is -0.987. The Labute approximate surface area is 107 Å². The summed E-state index contributed by atoms with van der Waals surface area (Å²) in [6.45, 7) is 7.63. The first kappa shape index (κ1) is 14.2. The van der Waals surface area contributed by atoms with E-state index in [1.165, 1.54) is 6.07 Å². The number of carboxylic acids is 1. The van der Waals surface area contributed by atoms with E-state index in [4.69, 9.17) is 5.11 Å². The Balaban J connectivity index is 2.89. The number of amides is 1. The van der Waals surface area contributed by atoms with E-state index in [2.05, 4.69) is 5.32 Å². The quantitative estimate of drug-likeness (QED) is 0.865. The Morgan fingerprint density at radius 3 is 2.39 bits per heavy atom. The Hall–Kier alpha value is -1.84. The van der Waals surface area contributed by atoms with Crippen molar-refractivity contribution in [2.24, 2.45) is 5.41 Å². The van der Waals surface area contributed by atoms with E-state index in [9.17, 15) is 9.59 Å². The molecule has 1 rings (SSSR count). The number of carboxylic acid groups (broad SMARTS) is 1. The molecule has 0 bridgehead atoms. The van der Waals surface area contributed by atoms with E-state index in [0.717, 1.165) is 0 Å². The average Bonchev–Trinajstić information content (AvgIpc) is 2.17. The maximum Gasteiger partial charge on any atom is 0.336 e. The van der Waals surface area contributed by atoms with Crippen molar-refractivity contribution in [1.29, 1.82) is 0 Å². The number of nitrogens with one attached hydrogen (secondary N) is 1. The Bertz CT molecular complexity index is 472. The molecule has 4 heteroatoms. The zero-order valence-corrected chi connectivity index (χ0v) is 11.2. The van der Waals surface area contributed by atoms with E-state index in [1.54, 1.807) is 19.1 Å². The smallest absolute Gasteiger partial charge is 0.336 e. The minimum absolute atomic E-state index is 0.0948. The van der Waals surface area contributed by atoms with Crippen molar-refractivity contribution in [3.63, 3.8) is 0 Å². The van der Waals surface area contributed by atoms with Crippen LogP contribution in [-0.4, -0.2) is 17.0 Å². The summed E-state index contributed by atoms with van der Waals surface area (Å²) >= 11 is 0. The Morgan fingerprint density at radius 2 is 1.89 bits per heavy atom. The highest BCUT2D eigenvalue weighted by atomic mass is 16.4. The van der Waals surface area contributed by atoms with E-state index in [1.807, 2.05) is 20.8 Å². The Kier molecular flexibility index (Phi) is 4.11. The van der Waals surface area contributed by atoms with E-state index in [-0.39, 0.29) is 16.9 Å². The highest BCUT2D eigenvalue weighted by molar-refractivity contribution is 5.96. The lowest BCUT2D eigenvalue weighted by Gasteiger charge is -2.18. The molecule has 98 valence electrons. The zero-order chi connectivity index (χ0) is 13.9. The highest BCUT2D eigenvalue weighted by Gasteiger charge is 2.17. The fourth-order valence-corrected chi connectivity index (χ4v) is 1.68. The highest BCUT2D eigenvalue weighted by Crippen LogP contribution is 2.22. The lowest BCUT2D eigenvalue weighted by Crippen LogP contribution is -2.20. The predicted molar refractivity (Wildman–Crippen MR) is 70.8 cm³/mol. The van der Waals surface area contributed by atoms with Crippen LogP contribution in [0.4, 0.5) is 5.69 Å². The van der Waals surface area contributed by atoms with Crippen molar-refractivity contribution in [1.82, 2.24) is 0 Å². The third kappa shape index (κ3) is 3.87. The van der Waals surface area contributed by atoms with Gasteiger partial charge in [0, 0.05) is 12.1 Å². The second kappa shape index (κ2) is 5.21. The summed E-state index contributed by atoms with van der Waals surface area (Å²) in [6, 6.07) is 4.86. The van der Waals surface area contributed by atoms with Crippen LogP contribution in [0.2, 0.25) is 0 Å². The van der Waals surface area contributed by atoms with Crippen LogP contribution in [0.3, 0.4) is 0 Å². The molecule has 2 N–H and O–H groups in total. The van der Waals surface area contributed by atoms with Gasteiger partial charge in [-0.05, 0) is 30.0 Å². The fourth-order valence-electron chi connectivity index (χ4n) is 1.68. The van der Waals surface area contributed by atoms with Gasteiger partial charge in [0.05, 0.1) is 5.56 Å². The lowest BCUT2D eigenvalue weighted by molar-refractivity contribution is -0.117. The molecule has 0 aromatic heterocycles. The van der Waals surface area contributed by atoms with Crippen molar-refractivity contribution in [2.45, 2.75) is 34.1 Å². The van der Waals surface area contributed by atoms with Gasteiger partial charge in [-0.25, -0.2) is 4.79 Å². The summed E-state index contributed by atoms with van der Waals surface area (Å²) in [4.78, 5) is 22.8. The van der Waals surface area contributed by atoms with Gasteiger partial charge in [-0.3, -0.25) is 4.79 Å². The van der Waals surface area contributed by atoms with Crippen molar-refractivity contribution in [3.05, 3.63) is 29.3 Å². The van der Waals surface area contributed by atoms with Crippen molar-refractivity contribution in [3.8, 4) is 0 Å². The number of carbonyl (C=O) groups excluding carboxylic acids is 1. The molecule has 0 saturated heterocycles. The predicted octanol–water partition coefficient (Wildman–Crippen LogP) is 3.07. The summed E-state index contributed by atoms with van der Waals surface area (Å²) in [6.07, 6.45) is 0.393. The van der Waals surface area contributed by atoms with Crippen LogP contribution < -0.4 is 5.32 Å². The fraction of sp³-hybridized carbons (Fsp3) is 0.429. The lowest BCUT2D eigenvalue weighted by atomic mass is 9.92. The van der Waals surface area contributed by atoms with Gasteiger partial charge in [0.1, 0.15) is 0 Å². The van der Waals surface area contributed by atoms with Crippen LogP contribution >= 0.6 is 0 Å². The third-order valence-corrected chi connectivity index (χ3v) is 2.53. The molecule has 0 atom stereocenters. The van der Waals surface area contributed by atoms with Crippen LogP contribution in [0, 0.1) is 12.3 Å². The second-order valence-corrected chi connectivity index (χ2v) is 5.57. The van der Waals surface area contributed by atoms with Crippen LogP contribution in [0.1, 0.15) is 43.1 Å². The van der Waals surface area contributed by atoms with Gasteiger partial charge in [0.15, 0.2) is 0 Å². The molecule has 0 radical (unpaired) electrons. The molecule has 1 amide bonds. The largest absolute Gasteiger partial charge is 0.478 e. The number of hydrogen-bond acceptors (Lipinski definition) is 2. The minimum Gasteiger partial charge on any atom is -0.478 e. The molecule has 0 unspecified atom stereocenters. The molecule has 0 fully saturated rings. The molecule has 4 nitrogen and oxygen atoms in total. The molecule has 0 spiro atoms. The van der Waals surface area contributed by atoms with Gasteiger partial charge < -0.3 is 10.4 Å². The van der Waals surface area contributed by atoms with Crippen molar-refractivity contribution >= 4 is 17.6 Å². The first-order valence-electron chi connectivity index (χ1n) is 5.83. The third-order valence-electron chi connectivity index (χ3n) is 2.53. The van der Waals surface area contributed by atoms with Gasteiger partial charge in [-0.2, -0.15) is 0 Å². The first-order valence-corrected chi connectivity index (χ1v) is 5.83. The van der Waals surface area contributed by atoms with Crippen LogP contribution in [0.25, 0.3) is 0 Å². The number of hydrogen-bond donors (Lipinski definition) is 2. The summed E-state index contributed by atoms with van der Waals surface area (Å²) in [7, 11) is 0. The Morgan fingerprint density at radius 1 is 1.28 bits per heavy atom. The van der Waals surface area contributed by atoms with Gasteiger partial charge in [0.2, 0.25) is 5.91 Å². The summed E-state index contributed by atoms with van der Waals surface area (Å²) < 4.78 is 0. The number of rotatable bonds is 3. The molecule has 1 aromatic carbocycles. The molecule has 0 aliphatic rings. The van der Waals surface area contributed by atoms with E-state index >= 15 is 0 Å². The summed E-state index contributed by atoms with van der Waals surface area (Å²) in [5.74, 6) is -1.09. The normalized spacial score (nSPS) is 11.1. The van der Waals surface area contributed by atoms with E-state index in [0.29, 0.717) is 17.7 Å². The van der Waals surface area contributed by atoms with Gasteiger partial charge in [-0.15, -0.1) is 0 Å². The molecule has 0 aliphatic heterocycles. The maximum absolute atomic E-state index is 11.8. The maximum atomic E-state index is 11.8. The van der Waals surface area contributed by atoms with Gasteiger partial charge >= 0.3 is 5.97 Å². The van der Waals surface area contributed by atoms with Gasteiger partial charge in [0.25, 0.3) is 0 Å². The first-order chi connectivity index (χ1) is 8.20. The topological polar surface area (TPSA) is 66.4 Å². The number of carbonyl (C=O) groups is 2. The summed E-state index contributed by atoms with van der Waals surface area (Å²) in [5.41, 5.74) is 1.25. The molecule has 0 aliphatic carbocycles. The van der Waals surface area contributed by atoms with Crippen LogP contribution in [-0.2, 0) is 4.79 Å². The van der Waals surface area contributed by atoms with Crippen LogP contribution in [0.15, 0.2) is 18.2 Å². The van der Waals surface area contributed by atoms with Gasteiger partial charge in [-0.1, -0.05) is 26.8 Å². The molecule has 18 heavy (non-hydrogen) atoms. The molecule has 0 saturated carbocycles. The number of benzene rings is 1. The van der Waals surface area contributed by atoms with Crippen molar-refractivity contribution < 1.29 is 14.7 Å². The SMILES string of the molecule is Cc1c(NC(=O)CC(C)(C)C)cccc1C(=O)O. The van der Waals surface area contributed by atoms with E-state index < -0.39 is 5.97 Å². The number of aromatic carboxylic acids is 1. The molecule has 1 aromatic rings. The summed E-state index contributed by atoms with van der Waals surface area (Å²) in [5, 5.41) is 11.8. The monoisotopic (exact) mass is 249 g/mol. The van der Waals surface area contributed by atoms with Crippen LogP contribution in [0.5, 0.6) is 0 Å².